The smallest absolute Gasteiger partial charge is 0.249 e. The van der Waals surface area contributed by atoms with Crippen LogP contribution in [0.5, 0.6) is 0 Å². The molecule has 7 heteroatoms. The van der Waals surface area contributed by atoms with Gasteiger partial charge in [0.05, 0.1) is 11.6 Å². The normalized spacial score (nSPS) is 16.6. The largest absolute Gasteiger partial charge is 0.338 e. The molecule has 1 N–H and O–H groups in total. The van der Waals surface area contributed by atoms with E-state index in [-0.39, 0.29) is 24.1 Å². The van der Waals surface area contributed by atoms with Crippen molar-refractivity contribution in [2.75, 3.05) is 10.2 Å². The highest BCUT2D eigenvalue weighted by atomic mass is 16.5. The van der Waals surface area contributed by atoms with Crippen molar-refractivity contribution >= 4 is 29.0 Å². The van der Waals surface area contributed by atoms with Crippen LogP contribution in [-0.4, -0.2) is 23.0 Å². The molecule has 25 heavy (non-hydrogen) atoms. The number of carbonyl (C=O) groups is 2. The second-order valence-corrected chi connectivity index (χ2v) is 5.82. The molecule has 1 atom stereocenters. The first-order chi connectivity index (χ1) is 12.0. The summed E-state index contributed by atoms with van der Waals surface area (Å²) in [6.45, 7) is 5.54. The molecule has 0 spiro atoms. The molecule has 0 aliphatic carbocycles. The predicted octanol–water partition coefficient (Wildman–Crippen LogP) is 2.71. The Kier molecular flexibility index (Phi) is 4.35. The summed E-state index contributed by atoms with van der Waals surface area (Å²) in [6.07, 6.45) is 0.692. The zero-order valence-corrected chi connectivity index (χ0v) is 13.7. The number of amides is 2. The third-order valence-electron chi connectivity index (χ3n) is 3.98. The number of nitrogens with zero attached hydrogens (tertiary/aromatic N) is 3. The highest BCUT2D eigenvalue weighted by Crippen LogP contribution is 2.28. The van der Waals surface area contributed by atoms with Gasteiger partial charge in [-0.25, -0.2) is 0 Å². The third kappa shape index (κ3) is 3.28. The maximum absolute atomic E-state index is 12.6. The lowest BCUT2D eigenvalue weighted by Gasteiger charge is -2.23. The Morgan fingerprint density at radius 2 is 2.16 bits per heavy atom. The number of rotatable bonds is 4. The summed E-state index contributed by atoms with van der Waals surface area (Å²) < 4.78 is 5.07. The third-order valence-corrected chi connectivity index (χ3v) is 3.98. The minimum absolute atomic E-state index is 0.134. The van der Waals surface area contributed by atoms with Gasteiger partial charge in [0.15, 0.2) is 0 Å². The summed E-state index contributed by atoms with van der Waals surface area (Å²) in [5.41, 5.74) is 2.36. The molecule has 0 saturated carbocycles. The molecule has 1 fully saturated rings. The molecule has 1 aromatic heterocycles. The summed E-state index contributed by atoms with van der Waals surface area (Å²) in [4.78, 5) is 26.3. The second kappa shape index (κ2) is 6.61. The van der Waals surface area contributed by atoms with Crippen LogP contribution in [0.1, 0.15) is 31.0 Å². The van der Waals surface area contributed by atoms with Crippen molar-refractivity contribution in [3.05, 3.63) is 48.2 Å². The molecule has 0 radical (unpaired) electrons. The standard InChI is InChI=1S/C18H16N4O3/c1-11(2)14-9-16(25-21-14)20-18(24)15-7-8-17(23)22(15)13-5-3-12(10-19)4-6-13/h3-6,9,15H,1,7-8H2,2H3,(H,20,24)/t15-/m0/s1. The van der Waals surface area contributed by atoms with Crippen LogP contribution in [0.25, 0.3) is 5.57 Å². The van der Waals surface area contributed by atoms with Gasteiger partial charge in [-0.1, -0.05) is 11.7 Å². The van der Waals surface area contributed by atoms with E-state index in [1.54, 1.807) is 37.3 Å². The van der Waals surface area contributed by atoms with Gasteiger partial charge in [0, 0.05) is 18.2 Å². The lowest BCUT2D eigenvalue weighted by Crippen LogP contribution is -2.41. The van der Waals surface area contributed by atoms with Crippen molar-refractivity contribution in [1.82, 2.24) is 5.16 Å². The van der Waals surface area contributed by atoms with E-state index in [4.69, 9.17) is 9.78 Å². The number of nitriles is 1. The van der Waals surface area contributed by atoms with Crippen LogP contribution in [0.3, 0.4) is 0 Å². The van der Waals surface area contributed by atoms with Gasteiger partial charge in [-0.15, -0.1) is 0 Å². The first-order valence-electron chi connectivity index (χ1n) is 7.75. The summed E-state index contributed by atoms with van der Waals surface area (Å²) >= 11 is 0. The molecule has 0 bridgehead atoms. The number of anilines is 2. The van der Waals surface area contributed by atoms with E-state index in [0.29, 0.717) is 23.4 Å². The van der Waals surface area contributed by atoms with Crippen molar-refractivity contribution in [1.29, 1.82) is 5.26 Å². The van der Waals surface area contributed by atoms with Crippen LogP contribution < -0.4 is 10.2 Å². The summed E-state index contributed by atoms with van der Waals surface area (Å²) in [5, 5.41) is 15.3. The quantitative estimate of drug-likeness (QED) is 0.925. The molecule has 2 amide bonds. The van der Waals surface area contributed by atoms with Crippen molar-refractivity contribution in [2.45, 2.75) is 25.8 Å². The van der Waals surface area contributed by atoms with E-state index >= 15 is 0 Å². The average molecular weight is 336 g/mol. The van der Waals surface area contributed by atoms with Crippen LogP contribution in [0.15, 0.2) is 41.4 Å². The lowest BCUT2D eigenvalue weighted by molar-refractivity contribution is -0.120. The molecule has 2 aromatic rings. The minimum atomic E-state index is -0.640. The van der Waals surface area contributed by atoms with Gasteiger partial charge in [0.25, 0.3) is 0 Å². The van der Waals surface area contributed by atoms with Gasteiger partial charge in [-0.05, 0) is 43.2 Å². The van der Waals surface area contributed by atoms with Crippen LogP contribution in [0.4, 0.5) is 11.6 Å². The SMILES string of the molecule is C=C(C)c1cc(NC(=O)[C@@H]2CCC(=O)N2c2ccc(C#N)cc2)on1. The van der Waals surface area contributed by atoms with Gasteiger partial charge in [-0.3, -0.25) is 19.8 Å². The van der Waals surface area contributed by atoms with Gasteiger partial charge in [0.1, 0.15) is 11.7 Å². The van der Waals surface area contributed by atoms with Crippen LogP contribution in [0, 0.1) is 11.3 Å². The Balaban J connectivity index is 1.79. The molecule has 126 valence electrons. The molecule has 2 heterocycles. The van der Waals surface area contributed by atoms with Gasteiger partial charge < -0.3 is 4.52 Å². The maximum atomic E-state index is 12.6. The van der Waals surface area contributed by atoms with Crippen LogP contribution in [-0.2, 0) is 9.59 Å². The van der Waals surface area contributed by atoms with E-state index < -0.39 is 6.04 Å². The minimum Gasteiger partial charge on any atom is -0.338 e. The molecule has 7 nitrogen and oxygen atoms in total. The van der Waals surface area contributed by atoms with Crippen molar-refractivity contribution < 1.29 is 14.1 Å². The average Bonchev–Trinajstić information content (AvgIpc) is 3.22. The number of aromatic nitrogens is 1. The number of carbonyl (C=O) groups excluding carboxylic acids is 2. The van der Waals surface area contributed by atoms with E-state index in [2.05, 4.69) is 17.1 Å². The number of benzene rings is 1. The van der Waals surface area contributed by atoms with E-state index in [1.807, 2.05) is 6.07 Å². The Hall–Kier alpha value is -3.40. The van der Waals surface area contributed by atoms with Crippen LogP contribution >= 0.6 is 0 Å². The predicted molar refractivity (Wildman–Crippen MR) is 91.5 cm³/mol. The summed E-state index contributed by atoms with van der Waals surface area (Å²) in [7, 11) is 0. The summed E-state index contributed by atoms with van der Waals surface area (Å²) in [5.74, 6) is -0.271. The number of hydrogen-bond donors (Lipinski definition) is 1. The first-order valence-corrected chi connectivity index (χ1v) is 7.75. The highest BCUT2D eigenvalue weighted by molar-refractivity contribution is 6.07. The van der Waals surface area contributed by atoms with E-state index in [1.165, 1.54) is 4.90 Å². The van der Waals surface area contributed by atoms with Crippen molar-refractivity contribution in [3.63, 3.8) is 0 Å². The first kappa shape index (κ1) is 16.5. The fourth-order valence-electron chi connectivity index (χ4n) is 2.69. The number of allylic oxidation sites excluding steroid dienone is 1. The van der Waals surface area contributed by atoms with Gasteiger partial charge in [0.2, 0.25) is 17.7 Å². The Morgan fingerprint density at radius 1 is 1.44 bits per heavy atom. The van der Waals surface area contributed by atoms with Crippen LogP contribution in [0.2, 0.25) is 0 Å². The second-order valence-electron chi connectivity index (χ2n) is 5.82. The monoisotopic (exact) mass is 336 g/mol. The maximum Gasteiger partial charge on any atom is 0.249 e. The molecule has 1 aromatic carbocycles. The lowest BCUT2D eigenvalue weighted by atomic mass is 10.1. The van der Waals surface area contributed by atoms with E-state index in [0.717, 1.165) is 5.57 Å². The molecular weight excluding hydrogens is 320 g/mol. The van der Waals surface area contributed by atoms with Gasteiger partial charge in [-0.2, -0.15) is 5.26 Å². The number of hydrogen-bond acceptors (Lipinski definition) is 5. The summed E-state index contributed by atoms with van der Waals surface area (Å²) in [6, 6.07) is 9.53. The zero-order chi connectivity index (χ0) is 18.0. The Labute approximate surface area is 144 Å². The molecule has 3 rings (SSSR count). The number of nitrogens with one attached hydrogen (secondary N) is 1. The molecule has 1 saturated heterocycles. The van der Waals surface area contributed by atoms with Crippen molar-refractivity contribution in [2.24, 2.45) is 0 Å². The molecule has 0 unspecified atom stereocenters. The highest BCUT2D eigenvalue weighted by Gasteiger charge is 2.37. The van der Waals surface area contributed by atoms with E-state index in [9.17, 15) is 9.59 Å². The Morgan fingerprint density at radius 3 is 2.76 bits per heavy atom. The van der Waals surface area contributed by atoms with Crippen molar-refractivity contribution in [3.8, 4) is 6.07 Å². The molecular formula is C18H16N4O3. The fraction of sp³-hybridized carbons (Fsp3) is 0.222. The Bertz CT molecular complexity index is 876. The molecule has 1 aliphatic rings. The topological polar surface area (TPSA) is 99.2 Å². The van der Waals surface area contributed by atoms with Gasteiger partial charge >= 0.3 is 0 Å². The fourth-order valence-corrected chi connectivity index (χ4v) is 2.69. The molecule has 1 aliphatic heterocycles. The zero-order valence-electron chi connectivity index (χ0n) is 13.7.